The van der Waals surface area contributed by atoms with E-state index in [9.17, 15) is 13.2 Å². The Kier molecular flexibility index (Phi) is 4.27. The summed E-state index contributed by atoms with van der Waals surface area (Å²) in [5, 5.41) is 3.13. The fourth-order valence-corrected chi connectivity index (χ4v) is 2.37. The Labute approximate surface area is 119 Å². The maximum absolute atomic E-state index is 12.6. The number of benzene rings is 1. The predicted octanol–water partition coefficient (Wildman–Crippen LogP) is 4.35. The smallest absolute Gasteiger partial charge is 0.367 e. The van der Waals surface area contributed by atoms with E-state index in [0.29, 0.717) is 22.6 Å². The maximum atomic E-state index is 12.6. The molecular weight excluding hydrogens is 287 g/mol. The van der Waals surface area contributed by atoms with Gasteiger partial charge in [-0.3, -0.25) is 0 Å². The topological polar surface area (TPSA) is 37.8 Å². The van der Waals surface area contributed by atoms with E-state index in [1.165, 1.54) is 6.07 Å². The van der Waals surface area contributed by atoms with Crippen LogP contribution in [0.3, 0.4) is 0 Å². The van der Waals surface area contributed by atoms with E-state index in [0.717, 1.165) is 36.8 Å². The molecule has 0 aliphatic heterocycles. The summed E-state index contributed by atoms with van der Waals surface area (Å²) in [4.78, 5) is 0. The Balaban J connectivity index is 2.37. The molecule has 1 aromatic heterocycles. The van der Waals surface area contributed by atoms with Crippen molar-refractivity contribution in [2.24, 2.45) is 0 Å². The van der Waals surface area contributed by atoms with Crippen molar-refractivity contribution in [3.63, 3.8) is 0 Å². The van der Waals surface area contributed by atoms with Crippen LogP contribution in [0.15, 0.2) is 18.2 Å². The van der Waals surface area contributed by atoms with Crippen molar-refractivity contribution in [1.82, 2.24) is 8.75 Å². The molecule has 2 aromatic rings. The third kappa shape index (κ3) is 3.09. The van der Waals surface area contributed by atoms with Crippen LogP contribution in [0.4, 0.5) is 19.0 Å². The van der Waals surface area contributed by atoms with E-state index in [4.69, 9.17) is 0 Å². The summed E-state index contributed by atoms with van der Waals surface area (Å²) in [7, 11) is 0. The molecule has 0 amide bonds. The second kappa shape index (κ2) is 5.78. The van der Waals surface area contributed by atoms with Crippen LogP contribution < -0.4 is 5.32 Å². The van der Waals surface area contributed by atoms with Gasteiger partial charge in [-0.2, -0.15) is 21.9 Å². The third-order valence-corrected chi connectivity index (χ3v) is 3.37. The highest BCUT2D eigenvalue weighted by molar-refractivity contribution is 6.99. The predicted molar refractivity (Wildman–Crippen MR) is 73.9 cm³/mol. The van der Waals surface area contributed by atoms with Gasteiger partial charge in [0, 0.05) is 12.1 Å². The standard InChI is InChI=1S/C13H14F3N3S/c1-3-6-17-12-11(18-20-19-12)10-5-4-9(7-8(10)2)13(14,15)16/h4-5,7H,3,6H2,1-2H3,(H,17,19). The minimum Gasteiger partial charge on any atom is -0.367 e. The molecule has 0 saturated heterocycles. The fraction of sp³-hybridized carbons (Fsp3) is 0.385. The number of nitrogens with one attached hydrogen (secondary N) is 1. The highest BCUT2D eigenvalue weighted by Crippen LogP contribution is 2.34. The van der Waals surface area contributed by atoms with E-state index in [-0.39, 0.29) is 0 Å². The molecule has 3 nitrogen and oxygen atoms in total. The molecule has 2 rings (SSSR count). The highest BCUT2D eigenvalue weighted by Gasteiger charge is 2.31. The van der Waals surface area contributed by atoms with Gasteiger partial charge in [0.25, 0.3) is 0 Å². The number of hydrogen-bond acceptors (Lipinski definition) is 4. The number of halogens is 3. The van der Waals surface area contributed by atoms with Crippen LogP contribution in [-0.4, -0.2) is 15.3 Å². The van der Waals surface area contributed by atoms with Crippen molar-refractivity contribution in [3.05, 3.63) is 29.3 Å². The number of aromatic nitrogens is 2. The normalized spacial score (nSPS) is 11.7. The van der Waals surface area contributed by atoms with Crippen LogP contribution in [0.2, 0.25) is 0 Å². The van der Waals surface area contributed by atoms with E-state index in [1.807, 2.05) is 6.92 Å². The molecule has 0 unspecified atom stereocenters. The lowest BCUT2D eigenvalue weighted by Gasteiger charge is -2.11. The van der Waals surface area contributed by atoms with Gasteiger partial charge in [-0.25, -0.2) is 0 Å². The van der Waals surface area contributed by atoms with Gasteiger partial charge >= 0.3 is 6.18 Å². The van der Waals surface area contributed by atoms with Crippen molar-refractivity contribution in [1.29, 1.82) is 0 Å². The summed E-state index contributed by atoms with van der Waals surface area (Å²) in [6.07, 6.45) is -3.39. The lowest BCUT2D eigenvalue weighted by atomic mass is 10.0. The number of nitrogens with zero attached hydrogens (tertiary/aromatic N) is 2. The first kappa shape index (κ1) is 14.8. The van der Waals surface area contributed by atoms with E-state index >= 15 is 0 Å². The molecule has 0 atom stereocenters. The van der Waals surface area contributed by atoms with Crippen LogP contribution in [0.1, 0.15) is 24.5 Å². The molecule has 20 heavy (non-hydrogen) atoms. The minimum absolute atomic E-state index is 0.534. The first-order valence-corrected chi connectivity index (χ1v) is 6.91. The van der Waals surface area contributed by atoms with Crippen LogP contribution in [0.25, 0.3) is 11.3 Å². The second-order valence-electron chi connectivity index (χ2n) is 4.42. The van der Waals surface area contributed by atoms with Gasteiger partial charge in [0.2, 0.25) is 0 Å². The van der Waals surface area contributed by atoms with Crippen molar-refractivity contribution < 1.29 is 13.2 Å². The van der Waals surface area contributed by atoms with E-state index in [2.05, 4.69) is 14.1 Å². The summed E-state index contributed by atoms with van der Waals surface area (Å²) in [5.74, 6) is 0.625. The molecule has 0 aliphatic carbocycles. The van der Waals surface area contributed by atoms with Gasteiger partial charge in [0.15, 0.2) is 5.82 Å². The quantitative estimate of drug-likeness (QED) is 0.912. The summed E-state index contributed by atoms with van der Waals surface area (Å²) in [6.45, 7) is 4.42. The first-order chi connectivity index (χ1) is 9.43. The molecule has 1 heterocycles. The molecule has 0 bridgehead atoms. The lowest BCUT2D eigenvalue weighted by molar-refractivity contribution is -0.137. The zero-order valence-electron chi connectivity index (χ0n) is 11.1. The average Bonchev–Trinajstić information content (AvgIpc) is 2.83. The number of alkyl halides is 3. The Hall–Kier alpha value is -1.63. The number of hydrogen-bond donors (Lipinski definition) is 1. The zero-order valence-corrected chi connectivity index (χ0v) is 11.9. The maximum Gasteiger partial charge on any atom is 0.416 e. The van der Waals surface area contributed by atoms with Crippen LogP contribution in [0, 0.1) is 6.92 Å². The molecular formula is C13H14F3N3S. The molecule has 0 radical (unpaired) electrons. The minimum atomic E-state index is -4.33. The fourth-order valence-electron chi connectivity index (χ4n) is 1.83. The molecule has 108 valence electrons. The molecule has 0 fully saturated rings. The summed E-state index contributed by atoms with van der Waals surface area (Å²) in [5.41, 5.74) is 1.16. The van der Waals surface area contributed by atoms with Crippen LogP contribution in [-0.2, 0) is 6.18 Å². The summed E-state index contributed by atoms with van der Waals surface area (Å²) < 4.78 is 46.3. The average molecular weight is 301 g/mol. The van der Waals surface area contributed by atoms with Crippen LogP contribution in [0.5, 0.6) is 0 Å². The zero-order chi connectivity index (χ0) is 14.8. The molecule has 0 saturated carbocycles. The Morgan fingerprint density at radius 3 is 2.60 bits per heavy atom. The monoisotopic (exact) mass is 301 g/mol. The van der Waals surface area contributed by atoms with Crippen molar-refractivity contribution in [2.45, 2.75) is 26.4 Å². The molecule has 7 heteroatoms. The summed E-state index contributed by atoms with van der Waals surface area (Å²) >= 11 is 1.05. The van der Waals surface area contributed by atoms with Gasteiger partial charge in [-0.05, 0) is 31.0 Å². The molecule has 1 N–H and O–H groups in total. The van der Waals surface area contributed by atoms with Gasteiger partial charge < -0.3 is 5.32 Å². The molecule has 0 aliphatic rings. The van der Waals surface area contributed by atoms with Crippen LogP contribution >= 0.6 is 11.7 Å². The lowest BCUT2D eigenvalue weighted by Crippen LogP contribution is -2.06. The number of anilines is 1. The SMILES string of the molecule is CCCNc1nsnc1-c1ccc(C(F)(F)F)cc1C. The van der Waals surface area contributed by atoms with E-state index < -0.39 is 11.7 Å². The summed E-state index contributed by atoms with van der Waals surface area (Å²) in [6, 6.07) is 3.66. The van der Waals surface area contributed by atoms with Gasteiger partial charge in [-0.15, -0.1) is 0 Å². The van der Waals surface area contributed by atoms with Crippen molar-refractivity contribution in [3.8, 4) is 11.3 Å². The Morgan fingerprint density at radius 2 is 2.00 bits per heavy atom. The van der Waals surface area contributed by atoms with E-state index in [1.54, 1.807) is 6.92 Å². The number of aryl methyl sites for hydroxylation is 1. The van der Waals surface area contributed by atoms with Gasteiger partial charge in [0.1, 0.15) is 5.69 Å². The molecule has 1 aromatic carbocycles. The highest BCUT2D eigenvalue weighted by atomic mass is 32.1. The third-order valence-electron chi connectivity index (χ3n) is 2.84. The van der Waals surface area contributed by atoms with Gasteiger partial charge in [-0.1, -0.05) is 13.0 Å². The Bertz CT molecular complexity index is 593. The molecule has 0 spiro atoms. The Morgan fingerprint density at radius 1 is 1.25 bits per heavy atom. The second-order valence-corrected chi connectivity index (χ2v) is 4.94. The first-order valence-electron chi connectivity index (χ1n) is 6.18. The van der Waals surface area contributed by atoms with Gasteiger partial charge in [0.05, 0.1) is 17.3 Å². The van der Waals surface area contributed by atoms with Crippen molar-refractivity contribution >= 4 is 17.5 Å². The largest absolute Gasteiger partial charge is 0.416 e. The van der Waals surface area contributed by atoms with Crippen molar-refractivity contribution in [2.75, 3.05) is 11.9 Å². The number of rotatable bonds is 4.